The van der Waals surface area contributed by atoms with Crippen LogP contribution in [0, 0.1) is 11.3 Å². The number of carbonyl (C=O) groups excluding carboxylic acids is 2. The third-order valence-electron chi connectivity index (χ3n) is 3.86. The number of esters is 1. The predicted octanol–water partition coefficient (Wildman–Crippen LogP) is 3.25. The van der Waals surface area contributed by atoms with Crippen LogP contribution in [-0.4, -0.2) is 43.8 Å². The average molecular weight is 489 g/mol. The number of amides is 1. The highest BCUT2D eigenvalue weighted by atomic mass is 79.9. The first-order valence-electron chi connectivity index (χ1n) is 8.62. The Bertz CT molecular complexity index is 1070. The monoisotopic (exact) mass is 488 g/mol. The number of halogens is 1. The quantitative estimate of drug-likeness (QED) is 0.328. The molecule has 0 saturated carbocycles. The van der Waals surface area contributed by atoms with E-state index in [0.717, 1.165) is 0 Å². The zero-order valence-electron chi connectivity index (χ0n) is 16.5. The lowest BCUT2D eigenvalue weighted by Gasteiger charge is -2.12. The van der Waals surface area contributed by atoms with Crippen LogP contribution in [0.25, 0.3) is 6.08 Å². The summed E-state index contributed by atoms with van der Waals surface area (Å²) in [6, 6.07) is 10.8. The summed E-state index contributed by atoms with van der Waals surface area (Å²) in [6.07, 6.45) is 1.34. The van der Waals surface area contributed by atoms with E-state index >= 15 is 0 Å². The molecule has 31 heavy (non-hydrogen) atoms. The molecular weight excluding hydrogens is 472 g/mol. The van der Waals surface area contributed by atoms with Gasteiger partial charge in [-0.25, -0.2) is 9.59 Å². The molecule has 0 saturated heterocycles. The van der Waals surface area contributed by atoms with Crippen molar-refractivity contribution in [2.24, 2.45) is 0 Å². The number of nitriles is 1. The lowest BCUT2D eigenvalue weighted by molar-refractivity contribution is -0.139. The van der Waals surface area contributed by atoms with Gasteiger partial charge in [0.2, 0.25) is 0 Å². The number of benzene rings is 2. The molecule has 0 unspecified atom stereocenters. The second-order valence-corrected chi connectivity index (χ2v) is 6.75. The van der Waals surface area contributed by atoms with Crippen LogP contribution < -0.4 is 14.8 Å². The van der Waals surface area contributed by atoms with Gasteiger partial charge in [-0.05, 0) is 48.0 Å². The molecule has 0 aliphatic carbocycles. The normalized spacial score (nSPS) is 10.6. The number of nitrogens with one attached hydrogen (secondary N) is 1. The van der Waals surface area contributed by atoms with Crippen molar-refractivity contribution in [1.29, 1.82) is 5.26 Å². The summed E-state index contributed by atoms with van der Waals surface area (Å²) in [4.78, 5) is 34.7. The number of hydrogen-bond acceptors (Lipinski definition) is 7. The second-order valence-electron chi connectivity index (χ2n) is 5.90. The second kappa shape index (κ2) is 10.8. The van der Waals surface area contributed by atoms with E-state index in [9.17, 15) is 19.6 Å². The number of carboxylic acids is 1. The Kier molecular flexibility index (Phi) is 8.16. The van der Waals surface area contributed by atoms with Gasteiger partial charge in [0.15, 0.2) is 18.1 Å². The van der Waals surface area contributed by atoms with Crippen LogP contribution in [0.5, 0.6) is 11.5 Å². The summed E-state index contributed by atoms with van der Waals surface area (Å²) < 4.78 is 15.4. The molecule has 0 heterocycles. The van der Waals surface area contributed by atoms with Crippen LogP contribution >= 0.6 is 15.9 Å². The molecule has 0 aromatic heterocycles. The van der Waals surface area contributed by atoms with Crippen molar-refractivity contribution in [2.45, 2.75) is 0 Å². The molecule has 9 nitrogen and oxygen atoms in total. The minimum Gasteiger partial charge on any atom is -0.493 e. The maximum absolute atomic E-state index is 12.5. The lowest BCUT2D eigenvalue weighted by Crippen LogP contribution is -2.13. The zero-order chi connectivity index (χ0) is 23.0. The van der Waals surface area contributed by atoms with Crippen molar-refractivity contribution in [1.82, 2.24) is 0 Å². The summed E-state index contributed by atoms with van der Waals surface area (Å²) in [7, 11) is 2.64. The van der Waals surface area contributed by atoms with Gasteiger partial charge in [-0.1, -0.05) is 15.9 Å². The van der Waals surface area contributed by atoms with E-state index in [4.69, 9.17) is 14.6 Å². The standard InChI is InChI=1S/C21H17BrN2O7/c1-29-17-8-13(16(22)9-18(17)31-11-19(25)26)7-14(10-23)20(27)24-15-5-3-12(4-6-15)21(28)30-2/h3-9H,11H2,1-2H3,(H,24,27)(H,25,26)/b14-7+. The smallest absolute Gasteiger partial charge is 0.341 e. The van der Waals surface area contributed by atoms with Gasteiger partial charge in [-0.3, -0.25) is 4.79 Å². The molecule has 0 aliphatic heterocycles. The van der Waals surface area contributed by atoms with E-state index in [1.54, 1.807) is 0 Å². The van der Waals surface area contributed by atoms with E-state index in [2.05, 4.69) is 26.0 Å². The number of carbonyl (C=O) groups is 3. The van der Waals surface area contributed by atoms with Gasteiger partial charge in [-0.2, -0.15) is 5.26 Å². The van der Waals surface area contributed by atoms with Gasteiger partial charge in [0, 0.05) is 10.2 Å². The Labute approximate surface area is 186 Å². The van der Waals surface area contributed by atoms with E-state index in [1.165, 1.54) is 56.7 Å². The Morgan fingerprint density at radius 2 is 1.84 bits per heavy atom. The number of ether oxygens (including phenoxy) is 3. The van der Waals surface area contributed by atoms with E-state index in [-0.39, 0.29) is 17.1 Å². The molecule has 1 amide bonds. The van der Waals surface area contributed by atoms with Gasteiger partial charge in [0.1, 0.15) is 11.6 Å². The van der Waals surface area contributed by atoms with Crippen LogP contribution in [0.2, 0.25) is 0 Å². The Hall–Kier alpha value is -3.84. The predicted molar refractivity (Wildman–Crippen MR) is 114 cm³/mol. The van der Waals surface area contributed by atoms with Gasteiger partial charge >= 0.3 is 11.9 Å². The highest BCUT2D eigenvalue weighted by molar-refractivity contribution is 9.10. The van der Waals surface area contributed by atoms with Crippen LogP contribution in [0.1, 0.15) is 15.9 Å². The molecule has 0 aliphatic rings. The molecule has 10 heteroatoms. The van der Waals surface area contributed by atoms with Crippen molar-refractivity contribution in [3.8, 4) is 17.6 Å². The number of aliphatic carboxylic acids is 1. The SMILES string of the molecule is COC(=O)c1ccc(NC(=O)/C(C#N)=C/c2cc(OC)c(OCC(=O)O)cc2Br)cc1. The molecule has 0 fully saturated rings. The summed E-state index contributed by atoms with van der Waals surface area (Å²) in [5, 5.41) is 20.8. The molecule has 0 radical (unpaired) electrons. The number of anilines is 1. The van der Waals surface area contributed by atoms with Crippen LogP contribution in [-0.2, 0) is 14.3 Å². The van der Waals surface area contributed by atoms with Crippen molar-refractivity contribution < 1.29 is 33.7 Å². The first-order valence-corrected chi connectivity index (χ1v) is 9.42. The van der Waals surface area contributed by atoms with Crippen molar-refractivity contribution in [2.75, 3.05) is 26.1 Å². The fourth-order valence-electron chi connectivity index (χ4n) is 2.38. The molecule has 2 N–H and O–H groups in total. The number of hydrogen-bond donors (Lipinski definition) is 2. The minimum absolute atomic E-state index is 0.183. The van der Waals surface area contributed by atoms with E-state index < -0.39 is 24.5 Å². The molecule has 0 atom stereocenters. The molecule has 0 spiro atoms. The zero-order valence-corrected chi connectivity index (χ0v) is 18.1. The molecule has 2 aromatic rings. The van der Waals surface area contributed by atoms with Crippen LogP contribution in [0.3, 0.4) is 0 Å². The van der Waals surface area contributed by atoms with Crippen LogP contribution in [0.15, 0.2) is 46.4 Å². The third kappa shape index (κ3) is 6.32. The molecule has 160 valence electrons. The Morgan fingerprint density at radius 1 is 1.16 bits per heavy atom. The minimum atomic E-state index is -1.15. The summed E-state index contributed by atoms with van der Waals surface area (Å²) in [5.74, 6) is -1.91. The number of rotatable bonds is 8. The molecular formula is C21H17BrN2O7. The number of methoxy groups -OCH3 is 2. The number of nitrogens with zero attached hydrogens (tertiary/aromatic N) is 1. The van der Waals surface area contributed by atoms with Gasteiger partial charge in [0.25, 0.3) is 5.91 Å². The van der Waals surface area contributed by atoms with E-state index in [1.807, 2.05) is 6.07 Å². The van der Waals surface area contributed by atoms with Crippen LogP contribution in [0.4, 0.5) is 5.69 Å². The van der Waals surface area contributed by atoms with Crippen molar-refractivity contribution in [3.05, 3.63) is 57.6 Å². The summed E-state index contributed by atoms with van der Waals surface area (Å²) in [6.45, 7) is -0.557. The highest BCUT2D eigenvalue weighted by Crippen LogP contribution is 2.34. The molecule has 0 bridgehead atoms. The maximum Gasteiger partial charge on any atom is 0.341 e. The van der Waals surface area contributed by atoms with Crippen molar-refractivity contribution >= 4 is 45.5 Å². The molecule has 2 rings (SSSR count). The van der Waals surface area contributed by atoms with Gasteiger partial charge in [0.05, 0.1) is 19.8 Å². The Morgan fingerprint density at radius 3 is 2.39 bits per heavy atom. The number of carboxylic acid groups (broad SMARTS) is 1. The fourth-order valence-corrected chi connectivity index (χ4v) is 2.82. The van der Waals surface area contributed by atoms with Crippen molar-refractivity contribution in [3.63, 3.8) is 0 Å². The third-order valence-corrected chi connectivity index (χ3v) is 4.55. The highest BCUT2D eigenvalue weighted by Gasteiger charge is 2.15. The topological polar surface area (TPSA) is 135 Å². The summed E-state index contributed by atoms with van der Waals surface area (Å²) >= 11 is 3.31. The largest absolute Gasteiger partial charge is 0.493 e. The van der Waals surface area contributed by atoms with Gasteiger partial charge < -0.3 is 24.6 Å². The first-order chi connectivity index (χ1) is 14.8. The fraction of sp³-hybridized carbons (Fsp3) is 0.143. The molecule has 2 aromatic carbocycles. The average Bonchev–Trinajstić information content (AvgIpc) is 2.76. The Balaban J connectivity index is 2.25. The lowest BCUT2D eigenvalue weighted by atomic mass is 10.1. The summed E-state index contributed by atoms with van der Waals surface area (Å²) in [5.41, 5.74) is 0.942. The van der Waals surface area contributed by atoms with Gasteiger partial charge in [-0.15, -0.1) is 0 Å². The van der Waals surface area contributed by atoms with E-state index in [0.29, 0.717) is 21.3 Å². The maximum atomic E-state index is 12.5. The first kappa shape index (κ1) is 23.4.